The van der Waals surface area contributed by atoms with Gasteiger partial charge in [-0.25, -0.2) is 4.98 Å². The Labute approximate surface area is 191 Å². The highest BCUT2D eigenvalue weighted by atomic mass is 19.4. The summed E-state index contributed by atoms with van der Waals surface area (Å²) in [4.78, 5) is 22.1. The molecule has 2 N–H and O–H groups in total. The number of anilines is 2. The Bertz CT molecular complexity index is 942. The van der Waals surface area contributed by atoms with E-state index in [0.29, 0.717) is 24.2 Å². The molecule has 180 valence electrons. The van der Waals surface area contributed by atoms with Crippen molar-refractivity contribution >= 4 is 17.7 Å². The number of amides is 1. The molecule has 1 amide bonds. The molecule has 7 nitrogen and oxygen atoms in total. The fraction of sp³-hybridized carbons (Fsp3) is 0.522. The molecule has 0 spiro atoms. The van der Waals surface area contributed by atoms with E-state index in [-0.39, 0.29) is 35.8 Å². The average Bonchev–Trinajstić information content (AvgIpc) is 2.79. The molecule has 1 aliphatic carbocycles. The molecule has 1 saturated carbocycles. The van der Waals surface area contributed by atoms with Gasteiger partial charge in [0.2, 0.25) is 5.95 Å². The first-order valence-electron chi connectivity index (χ1n) is 11.0. The number of carbonyl (C=O) groups excluding carboxylic acids is 1. The maximum absolute atomic E-state index is 13.4. The van der Waals surface area contributed by atoms with Gasteiger partial charge in [0.05, 0.1) is 7.11 Å². The van der Waals surface area contributed by atoms with E-state index in [2.05, 4.69) is 20.6 Å². The van der Waals surface area contributed by atoms with Gasteiger partial charge in [-0.2, -0.15) is 18.2 Å². The highest BCUT2D eigenvalue weighted by molar-refractivity contribution is 5.94. The van der Waals surface area contributed by atoms with Gasteiger partial charge in [0.15, 0.2) is 5.69 Å². The van der Waals surface area contributed by atoms with Crippen molar-refractivity contribution in [3.8, 4) is 5.75 Å². The number of nitrogens with one attached hydrogen (secondary N) is 2. The van der Waals surface area contributed by atoms with Crippen LogP contribution in [0.15, 0.2) is 30.3 Å². The normalized spacial score (nSPS) is 18.7. The molecule has 0 aliphatic heterocycles. The lowest BCUT2D eigenvalue weighted by Crippen LogP contribution is -2.40. The minimum atomic E-state index is -4.56. The minimum absolute atomic E-state index is 0.0106. The number of ether oxygens (including phenoxy) is 1. The van der Waals surface area contributed by atoms with Gasteiger partial charge in [0, 0.05) is 36.8 Å². The first-order chi connectivity index (χ1) is 15.6. The molecular weight excluding hydrogens is 435 g/mol. The Kier molecular flexibility index (Phi) is 7.65. The fourth-order valence-corrected chi connectivity index (χ4v) is 3.64. The SMILES string of the molecule is COc1ccc(C(=O)N[C@H]2CC[C@@H](Nc3cc(C(F)(F)F)nc(N(C)C(C)C)n3)CC2)cc1. The third kappa shape index (κ3) is 6.49. The van der Waals surface area contributed by atoms with Crippen LogP contribution >= 0.6 is 0 Å². The van der Waals surface area contributed by atoms with E-state index in [1.165, 1.54) is 0 Å². The maximum Gasteiger partial charge on any atom is 0.433 e. The molecule has 3 rings (SSSR count). The van der Waals surface area contributed by atoms with Crippen molar-refractivity contribution in [2.75, 3.05) is 24.4 Å². The molecule has 1 aromatic carbocycles. The zero-order valence-corrected chi connectivity index (χ0v) is 19.2. The Morgan fingerprint density at radius 1 is 1.09 bits per heavy atom. The predicted octanol–water partition coefficient (Wildman–Crippen LogP) is 4.50. The van der Waals surface area contributed by atoms with Gasteiger partial charge < -0.3 is 20.3 Å². The van der Waals surface area contributed by atoms with E-state index in [0.717, 1.165) is 18.9 Å². The van der Waals surface area contributed by atoms with Crippen LogP contribution in [-0.4, -0.2) is 48.2 Å². The quantitative estimate of drug-likeness (QED) is 0.627. The number of hydrogen-bond acceptors (Lipinski definition) is 6. The van der Waals surface area contributed by atoms with Crippen molar-refractivity contribution in [3.63, 3.8) is 0 Å². The molecule has 2 aromatic rings. The second kappa shape index (κ2) is 10.3. The summed E-state index contributed by atoms with van der Waals surface area (Å²) in [5.41, 5.74) is -0.415. The summed E-state index contributed by atoms with van der Waals surface area (Å²) in [6.07, 6.45) is -1.72. The third-order valence-corrected chi connectivity index (χ3v) is 5.86. The van der Waals surface area contributed by atoms with E-state index >= 15 is 0 Å². The third-order valence-electron chi connectivity index (χ3n) is 5.86. The summed E-state index contributed by atoms with van der Waals surface area (Å²) in [7, 11) is 3.23. The van der Waals surface area contributed by atoms with Crippen LogP contribution in [0, 0.1) is 0 Å². The van der Waals surface area contributed by atoms with Crippen LogP contribution in [0.1, 0.15) is 55.6 Å². The van der Waals surface area contributed by atoms with Crippen molar-refractivity contribution in [1.29, 1.82) is 0 Å². The molecule has 1 fully saturated rings. The summed E-state index contributed by atoms with van der Waals surface area (Å²) in [6, 6.07) is 7.76. The lowest BCUT2D eigenvalue weighted by Gasteiger charge is -2.30. The molecule has 1 aliphatic rings. The second-order valence-electron chi connectivity index (χ2n) is 8.54. The Morgan fingerprint density at radius 2 is 1.70 bits per heavy atom. The first kappa shape index (κ1) is 24.6. The Balaban J connectivity index is 1.60. The van der Waals surface area contributed by atoms with Crippen molar-refractivity contribution in [1.82, 2.24) is 15.3 Å². The number of halogens is 3. The van der Waals surface area contributed by atoms with Crippen LogP contribution in [0.4, 0.5) is 24.9 Å². The smallest absolute Gasteiger partial charge is 0.433 e. The summed E-state index contributed by atoms with van der Waals surface area (Å²) < 4.78 is 45.2. The van der Waals surface area contributed by atoms with Crippen LogP contribution in [0.3, 0.4) is 0 Å². The first-order valence-corrected chi connectivity index (χ1v) is 11.0. The van der Waals surface area contributed by atoms with E-state index < -0.39 is 11.9 Å². The van der Waals surface area contributed by atoms with Gasteiger partial charge in [-0.05, 0) is 63.8 Å². The van der Waals surface area contributed by atoms with Gasteiger partial charge in [-0.3, -0.25) is 4.79 Å². The van der Waals surface area contributed by atoms with Gasteiger partial charge >= 0.3 is 6.18 Å². The molecule has 33 heavy (non-hydrogen) atoms. The number of benzene rings is 1. The lowest BCUT2D eigenvalue weighted by atomic mass is 9.91. The standard InChI is InChI=1S/C23H30F3N5O2/c1-14(2)31(3)22-29-19(23(24,25)26)13-20(30-22)27-16-7-9-17(10-8-16)28-21(32)15-5-11-18(33-4)12-6-15/h5-6,11-14,16-17H,7-10H2,1-4H3,(H,28,32)(H,27,29,30)/t16-,17+. The van der Waals surface area contributed by atoms with E-state index in [4.69, 9.17) is 4.74 Å². The van der Waals surface area contributed by atoms with Crippen molar-refractivity contribution < 1.29 is 22.7 Å². The van der Waals surface area contributed by atoms with Gasteiger partial charge in [-0.15, -0.1) is 0 Å². The number of aromatic nitrogens is 2. The lowest BCUT2D eigenvalue weighted by molar-refractivity contribution is -0.141. The highest BCUT2D eigenvalue weighted by Gasteiger charge is 2.34. The molecule has 1 heterocycles. The second-order valence-corrected chi connectivity index (χ2v) is 8.54. The van der Waals surface area contributed by atoms with Gasteiger partial charge in [-0.1, -0.05) is 0 Å². The van der Waals surface area contributed by atoms with Crippen LogP contribution in [-0.2, 0) is 6.18 Å². The molecule has 10 heteroatoms. The number of alkyl halides is 3. The maximum atomic E-state index is 13.4. The number of nitrogens with zero attached hydrogens (tertiary/aromatic N) is 3. The van der Waals surface area contributed by atoms with E-state index in [9.17, 15) is 18.0 Å². The van der Waals surface area contributed by atoms with E-state index in [1.807, 2.05) is 13.8 Å². The highest BCUT2D eigenvalue weighted by Crippen LogP contribution is 2.31. The zero-order chi connectivity index (χ0) is 24.2. The summed E-state index contributed by atoms with van der Waals surface area (Å²) in [6.45, 7) is 3.72. The Hall–Kier alpha value is -3.04. The van der Waals surface area contributed by atoms with Crippen LogP contribution in [0.2, 0.25) is 0 Å². The molecule has 0 unspecified atom stereocenters. The molecule has 0 radical (unpaired) electrons. The minimum Gasteiger partial charge on any atom is -0.497 e. The van der Waals surface area contributed by atoms with Crippen molar-refractivity contribution in [3.05, 3.63) is 41.6 Å². The summed E-state index contributed by atoms with van der Waals surface area (Å²) >= 11 is 0. The van der Waals surface area contributed by atoms with Crippen molar-refractivity contribution in [2.45, 2.75) is 63.8 Å². The zero-order valence-electron chi connectivity index (χ0n) is 19.2. The number of methoxy groups -OCH3 is 1. The number of hydrogen-bond donors (Lipinski definition) is 2. The largest absolute Gasteiger partial charge is 0.497 e. The van der Waals surface area contributed by atoms with Gasteiger partial charge in [0.1, 0.15) is 11.6 Å². The average molecular weight is 466 g/mol. The van der Waals surface area contributed by atoms with Gasteiger partial charge in [0.25, 0.3) is 5.91 Å². The summed E-state index contributed by atoms with van der Waals surface area (Å²) in [5.74, 6) is 0.716. The fourth-order valence-electron chi connectivity index (χ4n) is 3.64. The van der Waals surface area contributed by atoms with Crippen LogP contribution in [0.5, 0.6) is 5.75 Å². The number of carbonyl (C=O) groups is 1. The summed E-state index contributed by atoms with van der Waals surface area (Å²) in [5, 5.41) is 6.18. The predicted molar refractivity (Wildman–Crippen MR) is 121 cm³/mol. The van der Waals surface area contributed by atoms with E-state index in [1.54, 1.807) is 43.3 Å². The molecule has 0 saturated heterocycles. The molecule has 0 atom stereocenters. The number of rotatable bonds is 7. The Morgan fingerprint density at radius 3 is 2.24 bits per heavy atom. The van der Waals surface area contributed by atoms with Crippen LogP contribution < -0.4 is 20.3 Å². The topological polar surface area (TPSA) is 79.4 Å². The molecular formula is C23H30F3N5O2. The monoisotopic (exact) mass is 465 g/mol. The van der Waals surface area contributed by atoms with Crippen molar-refractivity contribution in [2.24, 2.45) is 0 Å². The molecule has 1 aromatic heterocycles. The molecule has 0 bridgehead atoms. The van der Waals surface area contributed by atoms with Crippen LogP contribution in [0.25, 0.3) is 0 Å².